The molecule has 1 unspecified atom stereocenters. The average Bonchev–Trinajstić information content (AvgIpc) is 3.69. The molecule has 2 heterocycles. The number of hydrogen-bond acceptors (Lipinski definition) is 10. The Morgan fingerprint density at radius 3 is 1.67 bits per heavy atom. The average molecular weight is 838 g/mol. The van der Waals surface area contributed by atoms with E-state index in [0.717, 1.165) is 101 Å². The van der Waals surface area contributed by atoms with Crippen LogP contribution in [0.3, 0.4) is 0 Å². The summed E-state index contributed by atoms with van der Waals surface area (Å²) in [5, 5.41) is 0. The zero-order chi connectivity index (χ0) is 42.4. The van der Waals surface area contributed by atoms with Gasteiger partial charge in [-0.15, -0.1) is 0 Å². The lowest BCUT2D eigenvalue weighted by atomic mass is 10.0. The van der Waals surface area contributed by atoms with Gasteiger partial charge in [0.25, 0.3) is 0 Å². The molecular weight excluding hydrogens is 757 g/mol. The third kappa shape index (κ3) is 23.4. The van der Waals surface area contributed by atoms with E-state index in [1.807, 2.05) is 0 Å². The second kappa shape index (κ2) is 31.4. The summed E-state index contributed by atoms with van der Waals surface area (Å²) in [6, 6.07) is 2.18. The van der Waals surface area contributed by atoms with Crippen molar-refractivity contribution in [3.8, 4) is 0 Å². The van der Waals surface area contributed by atoms with E-state index >= 15 is 0 Å². The normalized spacial score (nSPS) is 13.2. The van der Waals surface area contributed by atoms with Gasteiger partial charge in [-0.05, 0) is 82.1 Å². The van der Waals surface area contributed by atoms with Crippen molar-refractivity contribution in [2.24, 2.45) is 5.73 Å². The van der Waals surface area contributed by atoms with E-state index in [4.69, 9.17) is 33.1 Å². The maximum absolute atomic E-state index is 12.7. The van der Waals surface area contributed by atoms with Crippen LogP contribution in [0, 0.1) is 20.8 Å². The lowest BCUT2D eigenvalue weighted by Gasteiger charge is -2.19. The lowest BCUT2D eigenvalue weighted by Crippen LogP contribution is -2.29. The predicted molar refractivity (Wildman–Crippen MR) is 231 cm³/mol. The van der Waals surface area contributed by atoms with Crippen molar-refractivity contribution >= 4 is 19.8 Å². The number of furan rings is 2. The lowest BCUT2D eigenvalue weighted by molar-refractivity contribution is -0.161. The van der Waals surface area contributed by atoms with E-state index in [-0.39, 0.29) is 32.6 Å². The van der Waals surface area contributed by atoms with Gasteiger partial charge in [0.05, 0.1) is 13.2 Å². The number of nitrogens with two attached hydrogens (primary N) is 1. The minimum absolute atomic E-state index is 0.0413. The Labute approximate surface area is 350 Å². The zero-order valence-electron chi connectivity index (χ0n) is 37.0. The maximum atomic E-state index is 12.7. The SMILES string of the molecule is CCCCCc1cc(C)c(CCCCCCCCC(=O)O[C@H](COC(=O)CCCCCCCCCCc2oc(CCCCC)c(C)c2C)COP(=O)(O)OCCN)o1. The topological polar surface area (TPSA) is 161 Å². The van der Waals surface area contributed by atoms with Gasteiger partial charge in [-0.2, -0.15) is 0 Å². The Kier molecular flexibility index (Phi) is 28.0. The highest BCUT2D eigenvalue weighted by Gasteiger charge is 2.26. The van der Waals surface area contributed by atoms with Crippen molar-refractivity contribution in [1.29, 1.82) is 0 Å². The molecule has 0 spiro atoms. The molecule has 0 amide bonds. The summed E-state index contributed by atoms with van der Waals surface area (Å²) in [4.78, 5) is 35.1. The van der Waals surface area contributed by atoms with E-state index in [9.17, 15) is 19.0 Å². The van der Waals surface area contributed by atoms with Crippen LogP contribution in [0.25, 0.3) is 0 Å². The van der Waals surface area contributed by atoms with Gasteiger partial charge < -0.3 is 28.9 Å². The third-order valence-corrected chi connectivity index (χ3v) is 11.8. The second-order valence-corrected chi connectivity index (χ2v) is 17.5. The molecule has 2 rings (SSSR count). The van der Waals surface area contributed by atoms with Crippen LogP contribution >= 0.6 is 7.82 Å². The minimum Gasteiger partial charge on any atom is -0.466 e. The summed E-state index contributed by atoms with van der Waals surface area (Å²) >= 11 is 0. The number of ether oxygens (including phenoxy) is 2. The van der Waals surface area contributed by atoms with Gasteiger partial charge in [-0.1, -0.05) is 104 Å². The Balaban J connectivity index is 1.60. The van der Waals surface area contributed by atoms with Gasteiger partial charge in [-0.3, -0.25) is 18.6 Å². The quantitative estimate of drug-likeness (QED) is 0.0378. The number of aryl methyl sites for hydroxylation is 5. The first kappa shape index (κ1) is 51.7. The molecule has 0 bridgehead atoms. The highest BCUT2D eigenvalue weighted by Crippen LogP contribution is 2.43. The molecular formula is C46H80NO10P. The number of carbonyl (C=O) groups is 2. The van der Waals surface area contributed by atoms with Crippen molar-refractivity contribution in [3.05, 3.63) is 45.8 Å². The van der Waals surface area contributed by atoms with Gasteiger partial charge in [-0.25, -0.2) is 4.57 Å². The summed E-state index contributed by atoms with van der Waals surface area (Å²) in [6.45, 7) is 10.1. The van der Waals surface area contributed by atoms with Crippen molar-refractivity contribution in [2.45, 2.75) is 208 Å². The molecule has 0 aliphatic heterocycles. The van der Waals surface area contributed by atoms with Crippen LogP contribution in [-0.4, -0.2) is 49.3 Å². The molecule has 3 N–H and O–H groups in total. The number of esters is 2. The van der Waals surface area contributed by atoms with Crippen LogP contribution in [0.15, 0.2) is 14.9 Å². The molecule has 2 aromatic heterocycles. The molecule has 0 fully saturated rings. The van der Waals surface area contributed by atoms with E-state index in [1.54, 1.807) is 0 Å². The Bertz CT molecular complexity index is 1440. The van der Waals surface area contributed by atoms with E-state index in [2.05, 4.69) is 40.7 Å². The van der Waals surface area contributed by atoms with Gasteiger partial charge in [0.15, 0.2) is 6.10 Å². The van der Waals surface area contributed by atoms with Crippen LogP contribution < -0.4 is 5.73 Å². The van der Waals surface area contributed by atoms with E-state index in [0.29, 0.717) is 12.8 Å². The molecule has 0 saturated heterocycles. The number of unbranched alkanes of at least 4 members (excludes halogenated alkanes) is 16. The second-order valence-electron chi connectivity index (χ2n) is 16.1. The van der Waals surface area contributed by atoms with Crippen molar-refractivity contribution in [2.75, 3.05) is 26.4 Å². The van der Waals surface area contributed by atoms with Gasteiger partial charge in [0, 0.05) is 45.1 Å². The first-order chi connectivity index (χ1) is 28.0. The monoisotopic (exact) mass is 838 g/mol. The molecule has 2 aromatic rings. The molecule has 334 valence electrons. The van der Waals surface area contributed by atoms with Crippen molar-refractivity contribution in [1.82, 2.24) is 0 Å². The fraction of sp³-hybridized carbons (Fsp3) is 0.783. The van der Waals surface area contributed by atoms with Crippen LogP contribution in [0.5, 0.6) is 0 Å². The highest BCUT2D eigenvalue weighted by molar-refractivity contribution is 7.47. The molecule has 0 aromatic carbocycles. The van der Waals surface area contributed by atoms with Crippen molar-refractivity contribution < 1.29 is 46.4 Å². The maximum Gasteiger partial charge on any atom is 0.472 e. The summed E-state index contributed by atoms with van der Waals surface area (Å²) in [5.74, 6) is 3.66. The van der Waals surface area contributed by atoms with Gasteiger partial charge in [0.2, 0.25) is 0 Å². The number of phosphoric ester groups is 1. The van der Waals surface area contributed by atoms with Gasteiger partial charge in [0.1, 0.15) is 29.6 Å². The molecule has 12 heteroatoms. The number of hydrogen-bond donors (Lipinski definition) is 2. The largest absolute Gasteiger partial charge is 0.472 e. The van der Waals surface area contributed by atoms with Crippen LogP contribution in [0.2, 0.25) is 0 Å². The van der Waals surface area contributed by atoms with E-state index < -0.39 is 32.5 Å². The Morgan fingerprint density at radius 1 is 0.638 bits per heavy atom. The predicted octanol–water partition coefficient (Wildman–Crippen LogP) is 11.8. The number of carbonyl (C=O) groups excluding carboxylic acids is 2. The molecule has 0 radical (unpaired) electrons. The fourth-order valence-corrected chi connectivity index (χ4v) is 7.89. The molecule has 2 atom stereocenters. The number of rotatable bonds is 37. The first-order valence-electron chi connectivity index (χ1n) is 22.8. The summed E-state index contributed by atoms with van der Waals surface area (Å²) in [6.07, 6.45) is 25.0. The summed E-state index contributed by atoms with van der Waals surface area (Å²) in [7, 11) is -4.40. The fourth-order valence-electron chi connectivity index (χ4n) is 7.12. The smallest absolute Gasteiger partial charge is 0.466 e. The van der Waals surface area contributed by atoms with Crippen LogP contribution in [0.1, 0.15) is 195 Å². The molecule has 0 aliphatic carbocycles. The van der Waals surface area contributed by atoms with Crippen LogP contribution in [-0.2, 0) is 58.4 Å². The van der Waals surface area contributed by atoms with Crippen molar-refractivity contribution in [3.63, 3.8) is 0 Å². The molecule has 58 heavy (non-hydrogen) atoms. The standard InChI is InChI=1S/C46H80NO10P/c1-6-8-20-26-40-34-37(3)42(55-40)27-22-16-14-15-19-25-31-46(49)56-41(36-54-58(50,51)53-33-32-47)35-52-45(48)30-24-18-13-11-10-12-17-23-29-44-39(5)38(4)43(57-44)28-21-9-7-2/h34,41H,6-33,35-36,47H2,1-5H3,(H,50,51)/t41-/m1/s1. The van der Waals surface area contributed by atoms with Gasteiger partial charge >= 0.3 is 19.8 Å². The molecule has 0 aliphatic rings. The summed E-state index contributed by atoms with van der Waals surface area (Å²) < 4.78 is 45.2. The summed E-state index contributed by atoms with van der Waals surface area (Å²) in [5.41, 5.74) is 9.26. The molecule has 11 nitrogen and oxygen atoms in total. The Morgan fingerprint density at radius 2 is 1.12 bits per heavy atom. The highest BCUT2D eigenvalue weighted by atomic mass is 31.2. The van der Waals surface area contributed by atoms with E-state index in [1.165, 1.54) is 80.2 Å². The molecule has 0 saturated carbocycles. The minimum atomic E-state index is -4.40. The number of phosphoric acid groups is 1. The third-order valence-electron chi connectivity index (χ3n) is 10.8. The zero-order valence-corrected chi connectivity index (χ0v) is 37.9. The Hall–Kier alpha value is -2.43. The first-order valence-corrected chi connectivity index (χ1v) is 24.3. The van der Waals surface area contributed by atoms with Crippen LogP contribution in [0.4, 0.5) is 0 Å².